The lowest BCUT2D eigenvalue weighted by atomic mass is 9.88. The Morgan fingerprint density at radius 1 is 1.44 bits per heavy atom. The van der Waals surface area contributed by atoms with E-state index in [9.17, 15) is 4.79 Å². The van der Waals surface area contributed by atoms with Gasteiger partial charge in [0.25, 0.3) is 0 Å². The van der Waals surface area contributed by atoms with Crippen LogP contribution in [-0.2, 0) is 4.79 Å². The van der Waals surface area contributed by atoms with Gasteiger partial charge in [0.1, 0.15) is 0 Å². The van der Waals surface area contributed by atoms with Crippen molar-refractivity contribution in [2.24, 2.45) is 11.8 Å². The SMILES string of the molecule is CC(C(=O)NCCN1CCCC1)C1CNC1. The Morgan fingerprint density at radius 2 is 2.12 bits per heavy atom. The van der Waals surface area contributed by atoms with E-state index in [-0.39, 0.29) is 11.8 Å². The van der Waals surface area contributed by atoms with Gasteiger partial charge in [-0.25, -0.2) is 0 Å². The predicted molar refractivity (Wildman–Crippen MR) is 64.2 cm³/mol. The van der Waals surface area contributed by atoms with Gasteiger partial charge in [0, 0.05) is 19.0 Å². The highest BCUT2D eigenvalue weighted by molar-refractivity contribution is 5.78. The van der Waals surface area contributed by atoms with Crippen LogP contribution in [0.25, 0.3) is 0 Å². The lowest BCUT2D eigenvalue weighted by molar-refractivity contribution is -0.126. The zero-order chi connectivity index (χ0) is 11.4. The highest BCUT2D eigenvalue weighted by Gasteiger charge is 2.28. The number of hydrogen-bond acceptors (Lipinski definition) is 3. The molecule has 0 radical (unpaired) electrons. The minimum atomic E-state index is 0.167. The normalized spacial score (nSPS) is 24.1. The van der Waals surface area contributed by atoms with E-state index in [0.29, 0.717) is 5.92 Å². The molecule has 0 spiro atoms. The number of nitrogens with zero attached hydrogens (tertiary/aromatic N) is 1. The molecular formula is C12H23N3O. The first-order valence-corrected chi connectivity index (χ1v) is 6.48. The van der Waals surface area contributed by atoms with Gasteiger partial charge in [0.15, 0.2) is 0 Å². The predicted octanol–water partition coefficient (Wildman–Crippen LogP) is 0.0539. The van der Waals surface area contributed by atoms with Crippen molar-refractivity contribution >= 4 is 5.91 Å². The maximum Gasteiger partial charge on any atom is 0.223 e. The van der Waals surface area contributed by atoms with Crippen LogP contribution in [-0.4, -0.2) is 50.1 Å². The first-order valence-electron chi connectivity index (χ1n) is 6.48. The van der Waals surface area contributed by atoms with Gasteiger partial charge < -0.3 is 15.5 Å². The van der Waals surface area contributed by atoms with E-state index >= 15 is 0 Å². The van der Waals surface area contributed by atoms with Crippen LogP contribution in [0.4, 0.5) is 0 Å². The van der Waals surface area contributed by atoms with Gasteiger partial charge in [-0.1, -0.05) is 6.92 Å². The summed E-state index contributed by atoms with van der Waals surface area (Å²) in [5.41, 5.74) is 0. The molecule has 92 valence electrons. The third-order valence-electron chi connectivity index (χ3n) is 3.86. The van der Waals surface area contributed by atoms with Crippen molar-refractivity contribution in [2.45, 2.75) is 19.8 Å². The maximum absolute atomic E-state index is 11.8. The Balaban J connectivity index is 1.59. The minimum Gasteiger partial charge on any atom is -0.355 e. The van der Waals surface area contributed by atoms with Gasteiger partial charge in [-0.3, -0.25) is 4.79 Å². The van der Waals surface area contributed by atoms with Gasteiger partial charge in [-0.2, -0.15) is 0 Å². The van der Waals surface area contributed by atoms with E-state index in [2.05, 4.69) is 15.5 Å². The van der Waals surface area contributed by atoms with E-state index in [1.54, 1.807) is 0 Å². The number of likely N-dealkylation sites (tertiary alicyclic amines) is 1. The molecule has 1 unspecified atom stereocenters. The fourth-order valence-corrected chi connectivity index (χ4v) is 2.38. The highest BCUT2D eigenvalue weighted by atomic mass is 16.1. The molecule has 0 aliphatic carbocycles. The molecule has 0 saturated carbocycles. The zero-order valence-electron chi connectivity index (χ0n) is 10.2. The summed E-state index contributed by atoms with van der Waals surface area (Å²) in [5, 5.41) is 6.26. The topological polar surface area (TPSA) is 44.4 Å². The maximum atomic E-state index is 11.8. The molecule has 2 aliphatic heterocycles. The number of rotatable bonds is 5. The molecule has 2 rings (SSSR count). The molecule has 2 heterocycles. The first-order chi connectivity index (χ1) is 7.77. The minimum absolute atomic E-state index is 0.167. The van der Waals surface area contributed by atoms with Gasteiger partial charge in [0.05, 0.1) is 0 Å². The molecule has 2 saturated heterocycles. The van der Waals surface area contributed by atoms with E-state index in [0.717, 1.165) is 26.2 Å². The van der Waals surface area contributed by atoms with Crippen molar-refractivity contribution in [3.8, 4) is 0 Å². The summed E-state index contributed by atoms with van der Waals surface area (Å²) in [6.07, 6.45) is 2.64. The summed E-state index contributed by atoms with van der Waals surface area (Å²) in [6.45, 7) is 8.28. The molecule has 0 aromatic heterocycles. The molecule has 4 nitrogen and oxygen atoms in total. The van der Waals surface area contributed by atoms with Gasteiger partial charge in [-0.15, -0.1) is 0 Å². The molecular weight excluding hydrogens is 202 g/mol. The van der Waals surface area contributed by atoms with Crippen molar-refractivity contribution < 1.29 is 4.79 Å². The third-order valence-corrected chi connectivity index (χ3v) is 3.86. The molecule has 0 aromatic rings. The molecule has 2 N–H and O–H groups in total. The summed E-state index contributed by atoms with van der Waals surface area (Å²) in [7, 11) is 0. The van der Waals surface area contributed by atoms with Gasteiger partial charge in [-0.05, 0) is 44.9 Å². The number of nitrogens with one attached hydrogen (secondary N) is 2. The van der Waals surface area contributed by atoms with E-state index in [1.165, 1.54) is 25.9 Å². The Labute approximate surface area is 97.8 Å². The second kappa shape index (κ2) is 5.64. The fourth-order valence-electron chi connectivity index (χ4n) is 2.38. The van der Waals surface area contributed by atoms with E-state index in [1.807, 2.05) is 6.92 Å². The average Bonchev–Trinajstić information content (AvgIpc) is 2.67. The van der Waals surface area contributed by atoms with Crippen molar-refractivity contribution in [3.05, 3.63) is 0 Å². The Hall–Kier alpha value is -0.610. The van der Waals surface area contributed by atoms with Crippen molar-refractivity contribution in [1.29, 1.82) is 0 Å². The second-order valence-electron chi connectivity index (χ2n) is 5.05. The molecule has 1 atom stereocenters. The lowest BCUT2D eigenvalue weighted by Gasteiger charge is -2.31. The standard InChI is InChI=1S/C12H23N3O/c1-10(11-8-13-9-11)12(16)14-4-7-15-5-2-3-6-15/h10-11,13H,2-9H2,1H3,(H,14,16). The molecule has 0 bridgehead atoms. The Bertz CT molecular complexity index is 234. The summed E-state index contributed by atoms with van der Waals surface area (Å²) < 4.78 is 0. The molecule has 2 fully saturated rings. The molecule has 4 heteroatoms. The lowest BCUT2D eigenvalue weighted by Crippen LogP contribution is -2.50. The number of carbonyl (C=O) groups excluding carboxylic acids is 1. The monoisotopic (exact) mass is 225 g/mol. The molecule has 16 heavy (non-hydrogen) atoms. The van der Waals surface area contributed by atoms with E-state index in [4.69, 9.17) is 0 Å². The van der Waals surface area contributed by atoms with E-state index < -0.39 is 0 Å². The largest absolute Gasteiger partial charge is 0.355 e. The quantitative estimate of drug-likeness (QED) is 0.695. The third kappa shape index (κ3) is 2.95. The van der Waals surface area contributed by atoms with Crippen LogP contribution in [0.5, 0.6) is 0 Å². The Morgan fingerprint density at radius 3 is 2.69 bits per heavy atom. The van der Waals surface area contributed by atoms with Crippen LogP contribution in [0.15, 0.2) is 0 Å². The first kappa shape index (κ1) is 11.9. The summed E-state index contributed by atoms with van der Waals surface area (Å²) in [4.78, 5) is 14.2. The average molecular weight is 225 g/mol. The van der Waals surface area contributed by atoms with Crippen LogP contribution in [0.1, 0.15) is 19.8 Å². The zero-order valence-corrected chi connectivity index (χ0v) is 10.2. The number of amides is 1. The van der Waals surface area contributed by atoms with Crippen LogP contribution in [0.3, 0.4) is 0 Å². The van der Waals surface area contributed by atoms with Crippen molar-refractivity contribution in [3.63, 3.8) is 0 Å². The Kier molecular flexibility index (Phi) is 4.18. The molecule has 0 aromatic carbocycles. The van der Waals surface area contributed by atoms with Gasteiger partial charge in [0.2, 0.25) is 5.91 Å². The summed E-state index contributed by atoms with van der Waals surface area (Å²) in [6, 6.07) is 0. The smallest absolute Gasteiger partial charge is 0.223 e. The van der Waals surface area contributed by atoms with Gasteiger partial charge >= 0.3 is 0 Å². The number of hydrogen-bond donors (Lipinski definition) is 2. The number of carbonyl (C=O) groups is 1. The summed E-state index contributed by atoms with van der Waals surface area (Å²) >= 11 is 0. The fraction of sp³-hybridized carbons (Fsp3) is 0.917. The van der Waals surface area contributed by atoms with Crippen LogP contribution < -0.4 is 10.6 Å². The molecule has 2 aliphatic rings. The second-order valence-corrected chi connectivity index (χ2v) is 5.05. The highest BCUT2D eigenvalue weighted by Crippen LogP contribution is 2.15. The van der Waals surface area contributed by atoms with Crippen molar-refractivity contribution in [2.75, 3.05) is 39.3 Å². The van der Waals surface area contributed by atoms with Crippen LogP contribution >= 0.6 is 0 Å². The summed E-state index contributed by atoms with van der Waals surface area (Å²) in [5.74, 6) is 0.942. The van der Waals surface area contributed by atoms with Crippen LogP contribution in [0, 0.1) is 11.8 Å². The van der Waals surface area contributed by atoms with Crippen LogP contribution in [0.2, 0.25) is 0 Å². The van der Waals surface area contributed by atoms with Crippen molar-refractivity contribution in [1.82, 2.24) is 15.5 Å². The molecule has 1 amide bonds.